The van der Waals surface area contributed by atoms with E-state index in [0.717, 1.165) is 28.6 Å². The molecule has 1 N–H and O–H groups in total. The van der Waals surface area contributed by atoms with Crippen LogP contribution >= 0.6 is 0 Å². The second-order valence-electron chi connectivity index (χ2n) is 4.72. The predicted octanol–water partition coefficient (Wildman–Crippen LogP) is 1.22. The normalized spacial score (nSPS) is 20.1. The van der Waals surface area contributed by atoms with E-state index in [-0.39, 0.29) is 23.5 Å². The molecule has 0 aromatic heterocycles. The van der Waals surface area contributed by atoms with E-state index in [1.54, 1.807) is 0 Å². The molecule has 1 aromatic rings. The smallest absolute Gasteiger partial charge is 0.322 e. The van der Waals surface area contributed by atoms with E-state index < -0.39 is 27.0 Å². The zero-order valence-electron chi connectivity index (χ0n) is 11.0. The largest absolute Gasteiger partial charge is 0.480 e. The molecule has 1 fully saturated rings. The number of aliphatic carboxylic acids is 1. The van der Waals surface area contributed by atoms with Crippen molar-refractivity contribution in [3.8, 4) is 0 Å². The second kappa shape index (κ2) is 5.78. The van der Waals surface area contributed by atoms with Crippen LogP contribution in [0.3, 0.4) is 0 Å². The highest BCUT2D eigenvalue weighted by molar-refractivity contribution is 7.89. The van der Waals surface area contributed by atoms with Crippen molar-refractivity contribution in [1.82, 2.24) is 4.31 Å². The Kier molecular flexibility index (Phi) is 4.24. The second-order valence-corrected chi connectivity index (χ2v) is 6.61. The number of rotatable bonds is 4. The lowest BCUT2D eigenvalue weighted by atomic mass is 10.1. The summed E-state index contributed by atoms with van der Waals surface area (Å²) in [4.78, 5) is 21.0. The molecule has 0 radical (unpaired) electrons. The highest BCUT2D eigenvalue weighted by Crippen LogP contribution is 2.26. The molecule has 1 aromatic carbocycles. The number of piperidine rings is 1. The zero-order chi connectivity index (χ0) is 15.6. The molecule has 114 valence electrons. The van der Waals surface area contributed by atoms with Crippen molar-refractivity contribution in [3.63, 3.8) is 0 Å². The molecular formula is C12H14N2O6S. The molecule has 1 heterocycles. The average Bonchev–Trinajstić information content (AvgIpc) is 2.47. The van der Waals surface area contributed by atoms with E-state index in [9.17, 15) is 23.3 Å². The summed E-state index contributed by atoms with van der Waals surface area (Å²) in [5, 5.41) is 19.7. The van der Waals surface area contributed by atoms with Crippen molar-refractivity contribution >= 4 is 21.7 Å². The van der Waals surface area contributed by atoms with Crippen molar-refractivity contribution in [2.45, 2.75) is 30.2 Å². The van der Waals surface area contributed by atoms with Crippen molar-refractivity contribution in [2.75, 3.05) is 6.54 Å². The summed E-state index contributed by atoms with van der Waals surface area (Å²) in [6.07, 6.45) is 1.51. The van der Waals surface area contributed by atoms with Crippen LogP contribution in [0.1, 0.15) is 19.3 Å². The molecule has 8 nitrogen and oxygen atoms in total. The number of carboxylic acid groups (broad SMARTS) is 1. The molecule has 0 spiro atoms. The number of nitro benzene ring substituents is 1. The van der Waals surface area contributed by atoms with Crippen LogP contribution in [0.2, 0.25) is 0 Å². The van der Waals surface area contributed by atoms with Gasteiger partial charge in [0.15, 0.2) is 0 Å². The quantitative estimate of drug-likeness (QED) is 0.659. The van der Waals surface area contributed by atoms with E-state index >= 15 is 0 Å². The first-order valence-electron chi connectivity index (χ1n) is 6.33. The zero-order valence-corrected chi connectivity index (χ0v) is 11.8. The van der Waals surface area contributed by atoms with Gasteiger partial charge in [0.05, 0.1) is 9.82 Å². The molecule has 0 aliphatic carbocycles. The van der Waals surface area contributed by atoms with Crippen molar-refractivity contribution in [2.24, 2.45) is 0 Å². The molecule has 0 saturated carbocycles. The number of carbonyl (C=O) groups is 1. The van der Waals surface area contributed by atoms with E-state index in [2.05, 4.69) is 0 Å². The van der Waals surface area contributed by atoms with E-state index in [1.165, 1.54) is 0 Å². The first-order valence-corrected chi connectivity index (χ1v) is 7.77. The van der Waals surface area contributed by atoms with Crippen LogP contribution < -0.4 is 0 Å². The number of non-ortho nitro benzene ring substituents is 1. The minimum atomic E-state index is -3.97. The number of carboxylic acids is 1. The van der Waals surface area contributed by atoms with Gasteiger partial charge >= 0.3 is 5.97 Å². The Morgan fingerprint density at radius 3 is 2.43 bits per heavy atom. The van der Waals surface area contributed by atoms with Gasteiger partial charge in [-0.3, -0.25) is 14.9 Å². The number of nitrogens with zero attached hydrogens (tertiary/aromatic N) is 2. The highest BCUT2D eigenvalue weighted by atomic mass is 32.2. The van der Waals surface area contributed by atoms with Crippen LogP contribution in [0.15, 0.2) is 29.2 Å². The van der Waals surface area contributed by atoms with Crippen LogP contribution in [-0.4, -0.2) is 41.3 Å². The fraction of sp³-hybridized carbons (Fsp3) is 0.417. The van der Waals surface area contributed by atoms with Crippen LogP contribution in [0, 0.1) is 10.1 Å². The summed E-state index contributed by atoms with van der Waals surface area (Å²) < 4.78 is 25.9. The lowest BCUT2D eigenvalue weighted by Crippen LogP contribution is -2.47. The van der Waals surface area contributed by atoms with Gasteiger partial charge in [0.1, 0.15) is 6.04 Å². The summed E-state index contributed by atoms with van der Waals surface area (Å²) in [6.45, 7) is 0.135. The van der Waals surface area contributed by atoms with Gasteiger partial charge in [-0.2, -0.15) is 4.31 Å². The Hall–Kier alpha value is -2.00. The third kappa shape index (κ3) is 3.03. The number of sulfonamides is 1. The van der Waals surface area contributed by atoms with Crippen LogP contribution in [0.5, 0.6) is 0 Å². The Morgan fingerprint density at radius 1 is 1.29 bits per heavy atom. The van der Waals surface area contributed by atoms with Crippen molar-refractivity contribution in [1.29, 1.82) is 0 Å². The summed E-state index contributed by atoms with van der Waals surface area (Å²) in [7, 11) is -3.97. The third-order valence-corrected chi connectivity index (χ3v) is 5.32. The van der Waals surface area contributed by atoms with Gasteiger partial charge in [-0.25, -0.2) is 8.42 Å². The molecule has 1 aliphatic rings. The predicted molar refractivity (Wildman–Crippen MR) is 72.3 cm³/mol. The van der Waals surface area contributed by atoms with Gasteiger partial charge in [0.25, 0.3) is 5.69 Å². The highest BCUT2D eigenvalue weighted by Gasteiger charge is 2.37. The van der Waals surface area contributed by atoms with Gasteiger partial charge in [-0.1, -0.05) is 0 Å². The lowest BCUT2D eigenvalue weighted by Gasteiger charge is -2.31. The molecule has 21 heavy (non-hydrogen) atoms. The maximum atomic E-state index is 12.5. The molecule has 1 atom stereocenters. The molecule has 2 rings (SSSR count). The van der Waals surface area contributed by atoms with E-state index in [0.29, 0.717) is 12.8 Å². The SMILES string of the molecule is O=C(O)C1CCCCN1S(=O)(=O)c1ccc([N+](=O)[O-])cc1. The monoisotopic (exact) mass is 314 g/mol. The van der Waals surface area contributed by atoms with Gasteiger partial charge in [0, 0.05) is 18.7 Å². The topological polar surface area (TPSA) is 118 Å². The maximum absolute atomic E-state index is 12.5. The summed E-state index contributed by atoms with van der Waals surface area (Å²) >= 11 is 0. The molecule has 1 saturated heterocycles. The first-order chi connectivity index (χ1) is 9.84. The van der Waals surface area contributed by atoms with Crippen molar-refractivity contribution in [3.05, 3.63) is 34.4 Å². The molecule has 1 aliphatic heterocycles. The standard InChI is InChI=1S/C12H14N2O6S/c15-12(16)11-3-1-2-8-13(11)21(19,20)10-6-4-9(5-7-10)14(17)18/h4-7,11H,1-3,8H2,(H,15,16). The fourth-order valence-corrected chi connectivity index (χ4v) is 3.97. The summed E-state index contributed by atoms with van der Waals surface area (Å²) in [6, 6.07) is 3.35. The first kappa shape index (κ1) is 15.4. The van der Waals surface area contributed by atoms with Crippen LogP contribution in [-0.2, 0) is 14.8 Å². The number of benzene rings is 1. The average molecular weight is 314 g/mol. The minimum absolute atomic E-state index is 0.135. The number of nitro groups is 1. The van der Waals surface area contributed by atoms with Crippen LogP contribution in [0.25, 0.3) is 0 Å². The summed E-state index contributed by atoms with van der Waals surface area (Å²) in [5.74, 6) is -1.18. The van der Waals surface area contributed by atoms with E-state index in [4.69, 9.17) is 5.11 Å². The molecule has 1 unspecified atom stereocenters. The molecule has 0 amide bonds. The van der Waals surface area contributed by atoms with Gasteiger partial charge in [0.2, 0.25) is 10.0 Å². The Bertz CT molecular complexity index is 655. The van der Waals surface area contributed by atoms with Crippen molar-refractivity contribution < 1.29 is 23.2 Å². The Labute approximate surface area is 121 Å². The summed E-state index contributed by atoms with van der Waals surface area (Å²) in [5.41, 5.74) is -0.220. The Morgan fingerprint density at radius 2 is 1.90 bits per heavy atom. The molecular weight excluding hydrogens is 300 g/mol. The Balaban J connectivity index is 2.35. The minimum Gasteiger partial charge on any atom is -0.480 e. The van der Waals surface area contributed by atoms with E-state index in [1.807, 2.05) is 0 Å². The lowest BCUT2D eigenvalue weighted by molar-refractivity contribution is -0.384. The fourth-order valence-electron chi connectivity index (χ4n) is 2.31. The van der Waals surface area contributed by atoms with Crippen LogP contribution in [0.4, 0.5) is 5.69 Å². The van der Waals surface area contributed by atoms with Gasteiger partial charge in [-0.05, 0) is 31.4 Å². The molecule has 9 heteroatoms. The third-order valence-electron chi connectivity index (χ3n) is 3.39. The van der Waals surface area contributed by atoms with Gasteiger partial charge < -0.3 is 5.11 Å². The van der Waals surface area contributed by atoms with Gasteiger partial charge in [-0.15, -0.1) is 0 Å². The number of hydrogen-bond donors (Lipinski definition) is 1. The molecule has 0 bridgehead atoms. The number of hydrogen-bond acceptors (Lipinski definition) is 5. The maximum Gasteiger partial charge on any atom is 0.322 e.